The van der Waals surface area contributed by atoms with E-state index >= 15 is 0 Å². The summed E-state index contributed by atoms with van der Waals surface area (Å²) in [6.07, 6.45) is 5.31. The summed E-state index contributed by atoms with van der Waals surface area (Å²) in [7, 11) is -3.18. The predicted octanol–water partition coefficient (Wildman–Crippen LogP) is 2.12. The van der Waals surface area contributed by atoms with Gasteiger partial charge in [0, 0.05) is 38.4 Å². The summed E-state index contributed by atoms with van der Waals surface area (Å²) in [4.78, 5) is 14.3. The smallest absolute Gasteiger partial charge is 0.223 e. The number of hydrogen-bond acceptors (Lipinski definition) is 4. The zero-order chi connectivity index (χ0) is 18.0. The highest BCUT2D eigenvalue weighted by Crippen LogP contribution is 2.47. The molecule has 1 aromatic rings. The number of carbonyl (C=O) groups excluding carboxylic acids is 1. The normalized spacial score (nSPS) is 26.6. The van der Waals surface area contributed by atoms with Gasteiger partial charge in [0.15, 0.2) is 0 Å². The van der Waals surface area contributed by atoms with Crippen LogP contribution in [0.15, 0.2) is 16.5 Å². The fraction of sp³-hybridized carbons (Fsp3) is 0.722. The molecule has 2 aliphatic rings. The highest BCUT2D eigenvalue weighted by molar-refractivity contribution is 7.88. The lowest BCUT2D eigenvalue weighted by Crippen LogP contribution is -2.43. The first-order valence-electron chi connectivity index (χ1n) is 9.13. The second-order valence-electron chi connectivity index (χ2n) is 7.59. The van der Waals surface area contributed by atoms with Gasteiger partial charge in [-0.05, 0) is 43.2 Å². The average Bonchev–Trinajstić information content (AvgIpc) is 3.11. The van der Waals surface area contributed by atoms with Gasteiger partial charge in [0.25, 0.3) is 0 Å². The first kappa shape index (κ1) is 18.5. The van der Waals surface area contributed by atoms with Crippen LogP contribution in [-0.2, 0) is 21.2 Å². The first-order chi connectivity index (χ1) is 11.8. The van der Waals surface area contributed by atoms with Gasteiger partial charge in [-0.25, -0.2) is 13.1 Å². The zero-order valence-corrected chi connectivity index (χ0v) is 15.8. The van der Waals surface area contributed by atoms with Gasteiger partial charge in [-0.1, -0.05) is 6.92 Å². The quantitative estimate of drug-likeness (QED) is 0.799. The number of carbonyl (C=O) groups is 1. The van der Waals surface area contributed by atoms with Gasteiger partial charge in [-0.3, -0.25) is 4.79 Å². The topological polar surface area (TPSA) is 79.6 Å². The third-order valence-corrected chi connectivity index (χ3v) is 5.94. The Balaban J connectivity index is 1.45. The van der Waals surface area contributed by atoms with Crippen LogP contribution in [-0.4, -0.2) is 45.1 Å². The van der Waals surface area contributed by atoms with Crippen molar-refractivity contribution >= 4 is 15.9 Å². The molecule has 1 aliphatic heterocycles. The number of nitrogens with zero attached hydrogens (tertiary/aromatic N) is 1. The minimum atomic E-state index is -3.18. The van der Waals surface area contributed by atoms with Crippen LogP contribution in [0.5, 0.6) is 0 Å². The van der Waals surface area contributed by atoms with E-state index in [0.717, 1.165) is 30.9 Å². The molecule has 0 spiro atoms. The maximum atomic E-state index is 12.5. The molecular weight excluding hydrogens is 340 g/mol. The molecule has 0 unspecified atom stereocenters. The van der Waals surface area contributed by atoms with Gasteiger partial charge in [0.1, 0.15) is 11.5 Å². The average molecular weight is 368 g/mol. The van der Waals surface area contributed by atoms with Crippen LogP contribution in [0.1, 0.15) is 50.0 Å². The number of amides is 1. The molecule has 0 bridgehead atoms. The Morgan fingerprint density at radius 2 is 2.16 bits per heavy atom. The summed E-state index contributed by atoms with van der Waals surface area (Å²) in [6, 6.07) is 4.03. The molecule has 6 nitrogen and oxygen atoms in total. The number of aryl methyl sites for hydroxylation is 1. The first-order valence-corrected chi connectivity index (χ1v) is 11.0. The summed E-state index contributed by atoms with van der Waals surface area (Å²) in [5, 5.41) is 0. The van der Waals surface area contributed by atoms with E-state index in [0.29, 0.717) is 37.8 Å². The number of nitrogens with one attached hydrogen (secondary N) is 1. The van der Waals surface area contributed by atoms with Crippen molar-refractivity contribution in [2.75, 3.05) is 25.9 Å². The van der Waals surface area contributed by atoms with Crippen molar-refractivity contribution in [2.24, 2.45) is 11.8 Å². The van der Waals surface area contributed by atoms with Crippen molar-refractivity contribution in [2.45, 2.75) is 44.9 Å². The molecule has 0 aromatic carbocycles. The Kier molecular flexibility index (Phi) is 5.53. The summed E-state index contributed by atoms with van der Waals surface area (Å²) >= 11 is 0. The van der Waals surface area contributed by atoms with E-state index in [1.54, 1.807) is 0 Å². The Morgan fingerprint density at radius 3 is 2.84 bits per heavy atom. The summed E-state index contributed by atoms with van der Waals surface area (Å²) in [6.45, 7) is 4.02. The second-order valence-corrected chi connectivity index (χ2v) is 9.43. The largest absolute Gasteiger partial charge is 0.466 e. The van der Waals surface area contributed by atoms with Crippen molar-refractivity contribution in [3.8, 4) is 0 Å². The molecule has 3 rings (SSSR count). The molecule has 7 heteroatoms. The number of furan rings is 1. The van der Waals surface area contributed by atoms with Crippen LogP contribution in [0, 0.1) is 11.8 Å². The lowest BCUT2D eigenvalue weighted by atomic mass is 9.98. The van der Waals surface area contributed by atoms with Crippen LogP contribution >= 0.6 is 0 Å². The molecule has 1 saturated heterocycles. The van der Waals surface area contributed by atoms with Gasteiger partial charge >= 0.3 is 0 Å². The number of piperidine rings is 1. The highest BCUT2D eigenvalue weighted by Gasteiger charge is 2.36. The molecule has 3 atom stereocenters. The molecule has 25 heavy (non-hydrogen) atoms. The lowest BCUT2D eigenvalue weighted by Gasteiger charge is -2.32. The van der Waals surface area contributed by atoms with Crippen molar-refractivity contribution in [3.05, 3.63) is 23.7 Å². The van der Waals surface area contributed by atoms with Gasteiger partial charge in [-0.15, -0.1) is 0 Å². The van der Waals surface area contributed by atoms with Gasteiger partial charge in [0.2, 0.25) is 15.9 Å². The zero-order valence-electron chi connectivity index (χ0n) is 15.0. The molecule has 1 aliphatic carbocycles. The van der Waals surface area contributed by atoms with Crippen LogP contribution in [0.3, 0.4) is 0 Å². The minimum Gasteiger partial charge on any atom is -0.466 e. The molecular formula is C18H28N2O4S. The number of likely N-dealkylation sites (tertiary alicyclic amines) is 1. The van der Waals surface area contributed by atoms with Crippen LogP contribution < -0.4 is 4.72 Å². The van der Waals surface area contributed by atoms with Gasteiger partial charge in [0.05, 0.1) is 6.26 Å². The van der Waals surface area contributed by atoms with Crippen molar-refractivity contribution in [3.63, 3.8) is 0 Å². The molecule has 1 N–H and O–H groups in total. The van der Waals surface area contributed by atoms with E-state index in [2.05, 4.69) is 11.6 Å². The third kappa shape index (κ3) is 5.31. The highest BCUT2D eigenvalue weighted by atomic mass is 32.2. The minimum absolute atomic E-state index is 0.127. The van der Waals surface area contributed by atoms with Gasteiger partial charge in [-0.2, -0.15) is 0 Å². The Bertz CT molecular complexity index is 712. The monoisotopic (exact) mass is 368 g/mol. The molecule has 140 valence electrons. The van der Waals surface area contributed by atoms with Crippen molar-refractivity contribution < 1.29 is 17.6 Å². The SMILES string of the molecule is C[C@@H]1C[C@@H]1c1ccc(CCC(=O)N2CCC[C@H](CNS(C)(=O)=O)C2)o1. The predicted molar refractivity (Wildman–Crippen MR) is 95.7 cm³/mol. The van der Waals surface area contributed by atoms with E-state index in [4.69, 9.17) is 4.42 Å². The van der Waals surface area contributed by atoms with Gasteiger partial charge < -0.3 is 9.32 Å². The van der Waals surface area contributed by atoms with Crippen molar-refractivity contribution in [1.29, 1.82) is 0 Å². The second kappa shape index (κ2) is 7.50. The molecule has 2 fully saturated rings. The number of sulfonamides is 1. The van der Waals surface area contributed by atoms with Crippen molar-refractivity contribution in [1.82, 2.24) is 9.62 Å². The van der Waals surface area contributed by atoms with E-state index in [-0.39, 0.29) is 11.8 Å². The van der Waals surface area contributed by atoms with E-state index < -0.39 is 10.0 Å². The Labute approximate surface area is 150 Å². The third-order valence-electron chi connectivity index (χ3n) is 5.25. The lowest BCUT2D eigenvalue weighted by molar-refractivity contribution is -0.133. The summed E-state index contributed by atoms with van der Waals surface area (Å²) in [5.41, 5.74) is 0. The standard InChI is InChI=1S/C18H28N2O4S/c1-13-10-16(13)17-7-5-15(24-17)6-8-18(21)20-9-3-4-14(12-20)11-19-25(2,22)23/h5,7,13-14,16,19H,3-4,6,8-12H2,1-2H3/t13-,14-,16+/m1/s1. The molecule has 1 aromatic heterocycles. The molecule has 0 radical (unpaired) electrons. The maximum Gasteiger partial charge on any atom is 0.223 e. The van der Waals surface area contributed by atoms with Crippen LogP contribution in [0.25, 0.3) is 0 Å². The molecule has 1 saturated carbocycles. The van der Waals surface area contributed by atoms with Crippen LogP contribution in [0.2, 0.25) is 0 Å². The summed E-state index contributed by atoms with van der Waals surface area (Å²) < 4.78 is 30.9. The Morgan fingerprint density at radius 1 is 1.40 bits per heavy atom. The maximum absolute atomic E-state index is 12.5. The van der Waals surface area contributed by atoms with Crippen LogP contribution in [0.4, 0.5) is 0 Å². The molecule has 1 amide bonds. The van der Waals surface area contributed by atoms with E-state index in [1.807, 2.05) is 17.0 Å². The number of hydrogen-bond donors (Lipinski definition) is 1. The Hall–Kier alpha value is -1.34. The fourth-order valence-electron chi connectivity index (χ4n) is 3.56. The fourth-order valence-corrected chi connectivity index (χ4v) is 4.10. The number of rotatable bonds is 7. The van der Waals surface area contributed by atoms with E-state index in [9.17, 15) is 13.2 Å². The summed E-state index contributed by atoms with van der Waals surface area (Å²) in [5.74, 6) is 3.54. The molecule has 2 heterocycles. The van der Waals surface area contributed by atoms with E-state index in [1.165, 1.54) is 12.7 Å².